The van der Waals surface area contributed by atoms with Crippen LogP contribution in [0.5, 0.6) is 0 Å². The van der Waals surface area contributed by atoms with Crippen molar-refractivity contribution in [3.8, 4) is 0 Å². The van der Waals surface area contributed by atoms with Gasteiger partial charge in [-0.05, 0) is 30.9 Å². The number of amides is 1. The van der Waals surface area contributed by atoms with E-state index in [1.54, 1.807) is 17.8 Å². The maximum Gasteiger partial charge on any atom is 0.253 e. The van der Waals surface area contributed by atoms with Crippen LogP contribution in [0.2, 0.25) is 0 Å². The summed E-state index contributed by atoms with van der Waals surface area (Å²) in [5.74, 6) is 1.38. The molecule has 1 amide bonds. The molecular weight excluding hydrogens is 322 g/mol. The number of aromatic nitrogens is 2. The van der Waals surface area contributed by atoms with Crippen molar-refractivity contribution in [2.75, 3.05) is 18.8 Å². The summed E-state index contributed by atoms with van der Waals surface area (Å²) in [6, 6.07) is 10.9. The molecule has 2 heterocycles. The number of likely N-dealkylation sites (tertiary alicyclic amines) is 1. The first-order valence-corrected chi connectivity index (χ1v) is 9.21. The number of carbonyl (C=O) groups excluding carboxylic acids is 1. The van der Waals surface area contributed by atoms with Crippen LogP contribution in [0.1, 0.15) is 29.4 Å². The second-order valence-corrected chi connectivity index (χ2v) is 6.99. The highest BCUT2D eigenvalue weighted by atomic mass is 32.2. The molecule has 2 aromatic rings. The molecule has 0 radical (unpaired) electrons. The number of rotatable bonds is 5. The zero-order valence-electron chi connectivity index (χ0n) is 13.7. The molecule has 126 valence electrons. The van der Waals surface area contributed by atoms with Gasteiger partial charge >= 0.3 is 0 Å². The maximum atomic E-state index is 12.5. The Morgan fingerprint density at radius 3 is 2.92 bits per heavy atom. The van der Waals surface area contributed by atoms with Gasteiger partial charge in [-0.1, -0.05) is 36.9 Å². The number of thioether (sulfide) groups is 1. The topological polar surface area (TPSA) is 66.1 Å². The Balaban J connectivity index is 1.56. The zero-order valence-corrected chi connectivity index (χ0v) is 14.5. The normalized spacial score (nSPS) is 17.2. The van der Waals surface area contributed by atoms with E-state index in [4.69, 9.17) is 0 Å². The van der Waals surface area contributed by atoms with Gasteiger partial charge in [-0.2, -0.15) is 0 Å². The molecular formula is C18H21N3O2S. The molecule has 0 spiro atoms. The molecule has 1 aromatic carbocycles. The maximum absolute atomic E-state index is 12.5. The summed E-state index contributed by atoms with van der Waals surface area (Å²) < 4.78 is 0. The Kier molecular flexibility index (Phi) is 5.35. The van der Waals surface area contributed by atoms with Gasteiger partial charge in [0.1, 0.15) is 0 Å². The lowest BCUT2D eigenvalue weighted by atomic mass is 10.1. The molecule has 1 fully saturated rings. The summed E-state index contributed by atoms with van der Waals surface area (Å²) in [7, 11) is 0. The molecule has 1 aliphatic heterocycles. The van der Waals surface area contributed by atoms with Gasteiger partial charge in [0.2, 0.25) is 0 Å². The standard InChI is InChI=1S/C18H21N3O2S/c1-2-15-10-16(22)20-18(19-15)24-12-13-8-9-21(11-13)17(23)14-6-4-3-5-7-14/h3-7,10,13H,2,8-9,11-12H2,1H3,(H,19,20,22). The SMILES string of the molecule is CCc1cc(=O)[nH]c(SCC2CCN(C(=O)c3ccccc3)C2)n1. The number of hydrogen-bond acceptors (Lipinski definition) is 4. The number of aryl methyl sites for hydroxylation is 1. The number of benzene rings is 1. The third kappa shape index (κ3) is 4.06. The monoisotopic (exact) mass is 343 g/mol. The summed E-state index contributed by atoms with van der Waals surface area (Å²) in [5.41, 5.74) is 1.46. The minimum atomic E-state index is -0.100. The molecule has 1 aliphatic rings. The van der Waals surface area contributed by atoms with Crippen LogP contribution < -0.4 is 5.56 Å². The van der Waals surface area contributed by atoms with E-state index in [0.717, 1.165) is 42.9 Å². The fourth-order valence-corrected chi connectivity index (χ4v) is 3.87. The van der Waals surface area contributed by atoms with Crippen LogP contribution in [0.3, 0.4) is 0 Å². The van der Waals surface area contributed by atoms with Crippen LogP contribution in [0.4, 0.5) is 0 Å². The van der Waals surface area contributed by atoms with Gasteiger partial charge in [0.25, 0.3) is 11.5 Å². The van der Waals surface area contributed by atoms with Gasteiger partial charge in [0, 0.05) is 36.2 Å². The summed E-state index contributed by atoms with van der Waals surface area (Å²) in [4.78, 5) is 33.2. The molecule has 6 heteroatoms. The molecule has 1 unspecified atom stereocenters. The highest BCUT2D eigenvalue weighted by Gasteiger charge is 2.27. The van der Waals surface area contributed by atoms with E-state index in [9.17, 15) is 9.59 Å². The van der Waals surface area contributed by atoms with Crippen molar-refractivity contribution in [2.24, 2.45) is 5.92 Å². The van der Waals surface area contributed by atoms with Crippen molar-refractivity contribution in [1.29, 1.82) is 0 Å². The lowest BCUT2D eigenvalue weighted by Crippen LogP contribution is -2.28. The van der Waals surface area contributed by atoms with Crippen molar-refractivity contribution in [1.82, 2.24) is 14.9 Å². The third-order valence-electron chi connectivity index (χ3n) is 4.18. The van der Waals surface area contributed by atoms with Gasteiger partial charge in [-0.15, -0.1) is 0 Å². The smallest absolute Gasteiger partial charge is 0.253 e. The number of nitrogens with one attached hydrogen (secondary N) is 1. The van der Waals surface area contributed by atoms with Crippen LogP contribution in [0.25, 0.3) is 0 Å². The minimum Gasteiger partial charge on any atom is -0.338 e. The third-order valence-corrected chi connectivity index (χ3v) is 5.29. The molecule has 24 heavy (non-hydrogen) atoms. The van der Waals surface area contributed by atoms with Crippen molar-refractivity contribution in [3.63, 3.8) is 0 Å². The van der Waals surface area contributed by atoms with E-state index in [-0.39, 0.29) is 11.5 Å². The first kappa shape index (κ1) is 16.8. The minimum absolute atomic E-state index is 0.0996. The Hall–Kier alpha value is -2.08. The highest BCUT2D eigenvalue weighted by molar-refractivity contribution is 7.99. The van der Waals surface area contributed by atoms with Crippen molar-refractivity contribution >= 4 is 17.7 Å². The van der Waals surface area contributed by atoms with E-state index >= 15 is 0 Å². The molecule has 0 saturated carbocycles. The molecule has 1 N–H and O–H groups in total. The summed E-state index contributed by atoms with van der Waals surface area (Å²) in [6.07, 6.45) is 1.74. The number of aromatic amines is 1. The van der Waals surface area contributed by atoms with Gasteiger partial charge < -0.3 is 9.88 Å². The van der Waals surface area contributed by atoms with Gasteiger partial charge in [-0.3, -0.25) is 9.59 Å². The van der Waals surface area contributed by atoms with E-state index in [1.807, 2.05) is 42.2 Å². The van der Waals surface area contributed by atoms with E-state index in [0.29, 0.717) is 11.1 Å². The zero-order chi connectivity index (χ0) is 16.9. The predicted molar refractivity (Wildman–Crippen MR) is 95.4 cm³/mol. The summed E-state index contributed by atoms with van der Waals surface area (Å²) in [5, 5.41) is 0.673. The Morgan fingerprint density at radius 2 is 2.17 bits per heavy atom. The van der Waals surface area contributed by atoms with Gasteiger partial charge in [-0.25, -0.2) is 4.98 Å². The van der Waals surface area contributed by atoms with E-state index in [1.165, 1.54) is 0 Å². The molecule has 1 saturated heterocycles. The Labute approximate surface area is 145 Å². The van der Waals surface area contributed by atoms with Crippen LogP contribution in [0.15, 0.2) is 46.3 Å². The Bertz CT molecular complexity index is 760. The van der Waals surface area contributed by atoms with Crippen molar-refractivity contribution in [2.45, 2.75) is 24.9 Å². The number of nitrogens with zero attached hydrogens (tertiary/aromatic N) is 2. The average Bonchev–Trinajstić information content (AvgIpc) is 3.08. The number of hydrogen-bond donors (Lipinski definition) is 1. The largest absolute Gasteiger partial charge is 0.338 e. The van der Waals surface area contributed by atoms with Gasteiger partial charge in [0.15, 0.2) is 5.16 Å². The number of carbonyl (C=O) groups is 1. The molecule has 0 bridgehead atoms. The van der Waals surface area contributed by atoms with Crippen LogP contribution in [-0.2, 0) is 6.42 Å². The fraction of sp³-hybridized carbons (Fsp3) is 0.389. The predicted octanol–water partition coefficient (Wildman–Crippen LogP) is 2.59. The molecule has 0 aliphatic carbocycles. The molecule has 3 rings (SSSR count). The van der Waals surface area contributed by atoms with Crippen molar-refractivity contribution in [3.05, 3.63) is 58.0 Å². The fourth-order valence-electron chi connectivity index (χ4n) is 2.85. The van der Waals surface area contributed by atoms with Gasteiger partial charge in [0.05, 0.1) is 0 Å². The van der Waals surface area contributed by atoms with Crippen molar-refractivity contribution < 1.29 is 4.79 Å². The quantitative estimate of drug-likeness (QED) is 0.669. The number of H-pyrrole nitrogens is 1. The first-order chi connectivity index (χ1) is 11.7. The Morgan fingerprint density at radius 1 is 1.38 bits per heavy atom. The summed E-state index contributed by atoms with van der Waals surface area (Å²) >= 11 is 1.57. The first-order valence-electron chi connectivity index (χ1n) is 8.23. The van der Waals surface area contributed by atoms with Crippen LogP contribution in [-0.4, -0.2) is 39.6 Å². The molecule has 5 nitrogen and oxygen atoms in total. The molecule has 1 atom stereocenters. The van der Waals surface area contributed by atoms with Crippen LogP contribution >= 0.6 is 11.8 Å². The van der Waals surface area contributed by atoms with Crippen LogP contribution in [0, 0.1) is 5.92 Å². The average molecular weight is 343 g/mol. The highest BCUT2D eigenvalue weighted by Crippen LogP contribution is 2.24. The second kappa shape index (κ2) is 7.66. The molecule has 1 aromatic heterocycles. The second-order valence-electron chi connectivity index (χ2n) is 5.98. The van der Waals surface area contributed by atoms with E-state index in [2.05, 4.69) is 9.97 Å². The summed E-state index contributed by atoms with van der Waals surface area (Å²) in [6.45, 7) is 3.54. The van der Waals surface area contributed by atoms with E-state index < -0.39 is 0 Å². The lowest BCUT2D eigenvalue weighted by Gasteiger charge is -2.16. The lowest BCUT2D eigenvalue weighted by molar-refractivity contribution is 0.0788.